The van der Waals surface area contributed by atoms with Crippen LogP contribution < -0.4 is 10.6 Å². The van der Waals surface area contributed by atoms with E-state index < -0.39 is 0 Å². The van der Waals surface area contributed by atoms with Crippen LogP contribution in [0.2, 0.25) is 0 Å². The maximum Gasteiger partial charge on any atom is 0.237 e. The van der Waals surface area contributed by atoms with Crippen LogP contribution in [0.4, 0.5) is 0 Å². The molecule has 1 aliphatic heterocycles. The van der Waals surface area contributed by atoms with E-state index in [-0.39, 0.29) is 11.9 Å². The van der Waals surface area contributed by atoms with Crippen LogP contribution in [0.1, 0.15) is 12.8 Å². The molecule has 12 heavy (non-hydrogen) atoms. The normalized spacial score (nSPS) is 24.4. The summed E-state index contributed by atoms with van der Waals surface area (Å²) in [4.78, 5) is 11.2. The maximum atomic E-state index is 11.2. The molecule has 4 heteroatoms. The van der Waals surface area contributed by atoms with Gasteiger partial charge in [-0.3, -0.25) is 4.79 Å². The molecule has 1 atom stereocenters. The molecule has 0 radical (unpaired) electrons. The van der Waals surface area contributed by atoms with E-state index in [1.807, 2.05) is 0 Å². The fraction of sp³-hybridized carbons (Fsp3) is 0.625. The average molecular weight is 189 g/mol. The first-order valence-corrected chi connectivity index (χ1v) is 4.54. The Morgan fingerprint density at radius 2 is 2.58 bits per heavy atom. The van der Waals surface area contributed by atoms with Gasteiger partial charge in [-0.15, -0.1) is 0 Å². The van der Waals surface area contributed by atoms with Gasteiger partial charge in [0, 0.05) is 18.6 Å². The summed E-state index contributed by atoms with van der Waals surface area (Å²) < 4.78 is 0. The molecule has 2 N–H and O–H groups in total. The summed E-state index contributed by atoms with van der Waals surface area (Å²) in [7, 11) is 0. The van der Waals surface area contributed by atoms with Crippen molar-refractivity contribution in [1.29, 1.82) is 0 Å². The van der Waals surface area contributed by atoms with E-state index in [0.29, 0.717) is 6.54 Å². The highest BCUT2D eigenvalue weighted by Crippen LogP contribution is 2.01. The number of hydrogen-bond donors (Lipinski definition) is 2. The third-order valence-electron chi connectivity index (χ3n) is 1.86. The number of halogens is 1. The number of hydrogen-bond acceptors (Lipinski definition) is 2. The fourth-order valence-corrected chi connectivity index (χ4v) is 1.31. The minimum Gasteiger partial charge on any atom is -0.355 e. The van der Waals surface area contributed by atoms with Crippen molar-refractivity contribution < 1.29 is 4.79 Å². The predicted molar refractivity (Wildman–Crippen MR) is 49.0 cm³/mol. The molecular weight excluding hydrogens is 176 g/mol. The van der Waals surface area contributed by atoms with Crippen LogP contribution in [0.5, 0.6) is 0 Å². The van der Waals surface area contributed by atoms with E-state index in [1.54, 1.807) is 6.08 Å². The van der Waals surface area contributed by atoms with Crippen molar-refractivity contribution in [2.75, 3.05) is 13.1 Å². The topological polar surface area (TPSA) is 41.1 Å². The molecular formula is C8H13ClN2O. The summed E-state index contributed by atoms with van der Waals surface area (Å²) in [6.07, 6.45) is 3.75. The van der Waals surface area contributed by atoms with Crippen LogP contribution in [0, 0.1) is 0 Å². The lowest BCUT2D eigenvalue weighted by Crippen LogP contribution is -2.48. The van der Waals surface area contributed by atoms with Crippen LogP contribution in [0.15, 0.2) is 11.6 Å². The molecule has 1 aliphatic rings. The van der Waals surface area contributed by atoms with Crippen LogP contribution in [0.25, 0.3) is 0 Å². The van der Waals surface area contributed by atoms with Gasteiger partial charge in [0.1, 0.15) is 0 Å². The molecule has 0 spiro atoms. The van der Waals surface area contributed by atoms with Gasteiger partial charge in [0.2, 0.25) is 5.91 Å². The third-order valence-corrected chi connectivity index (χ3v) is 2.03. The van der Waals surface area contributed by atoms with E-state index in [2.05, 4.69) is 10.6 Å². The summed E-state index contributed by atoms with van der Waals surface area (Å²) in [6, 6.07) is -0.0355. The monoisotopic (exact) mass is 188 g/mol. The maximum absolute atomic E-state index is 11.2. The molecule has 3 nitrogen and oxygen atoms in total. The van der Waals surface area contributed by atoms with Crippen molar-refractivity contribution in [1.82, 2.24) is 10.6 Å². The molecule has 0 saturated carbocycles. The quantitative estimate of drug-likeness (QED) is 0.682. The Balaban J connectivity index is 2.24. The van der Waals surface area contributed by atoms with Crippen LogP contribution >= 0.6 is 11.6 Å². The van der Waals surface area contributed by atoms with Gasteiger partial charge in [-0.1, -0.05) is 17.7 Å². The standard InChI is InChI=1S/C8H13ClN2O/c9-4-2-6-10-7-3-1-5-11-8(7)12/h2,4,7,10H,1,3,5-6H2,(H,11,12)/b4-2+. The zero-order valence-corrected chi connectivity index (χ0v) is 7.60. The zero-order chi connectivity index (χ0) is 8.81. The minimum absolute atomic E-state index is 0.0355. The highest BCUT2D eigenvalue weighted by molar-refractivity contribution is 6.25. The molecule has 1 fully saturated rings. The lowest BCUT2D eigenvalue weighted by molar-refractivity contribution is -0.124. The highest BCUT2D eigenvalue weighted by Gasteiger charge is 2.19. The summed E-state index contributed by atoms with van der Waals surface area (Å²) in [5, 5.41) is 5.89. The Kier molecular flexibility index (Phi) is 4.11. The molecule has 0 bridgehead atoms. The van der Waals surface area contributed by atoms with Gasteiger partial charge < -0.3 is 10.6 Å². The van der Waals surface area contributed by atoms with Gasteiger partial charge in [-0.2, -0.15) is 0 Å². The molecule has 68 valence electrons. The number of rotatable bonds is 3. The van der Waals surface area contributed by atoms with Crippen molar-refractivity contribution in [3.63, 3.8) is 0 Å². The number of nitrogens with one attached hydrogen (secondary N) is 2. The Morgan fingerprint density at radius 1 is 1.75 bits per heavy atom. The van der Waals surface area contributed by atoms with Crippen molar-refractivity contribution in [3.05, 3.63) is 11.6 Å². The second kappa shape index (κ2) is 5.17. The Morgan fingerprint density at radius 3 is 3.25 bits per heavy atom. The Hall–Kier alpha value is -0.540. The number of carbonyl (C=O) groups excluding carboxylic acids is 1. The van der Waals surface area contributed by atoms with Gasteiger partial charge in [-0.05, 0) is 12.8 Å². The second-order valence-corrected chi connectivity index (χ2v) is 3.01. The predicted octanol–water partition coefficient (Wildman–Crippen LogP) is 0.607. The molecule has 1 rings (SSSR count). The van der Waals surface area contributed by atoms with Gasteiger partial charge in [-0.25, -0.2) is 0 Å². The third kappa shape index (κ3) is 2.83. The van der Waals surface area contributed by atoms with Gasteiger partial charge in [0.15, 0.2) is 0 Å². The summed E-state index contributed by atoms with van der Waals surface area (Å²) >= 11 is 5.33. The molecule has 1 saturated heterocycles. The van der Waals surface area contributed by atoms with Crippen molar-refractivity contribution >= 4 is 17.5 Å². The molecule has 0 aromatic heterocycles. The molecule has 1 unspecified atom stereocenters. The summed E-state index contributed by atoms with van der Waals surface area (Å²) in [6.45, 7) is 1.46. The van der Waals surface area contributed by atoms with Gasteiger partial charge in [0.05, 0.1) is 6.04 Å². The summed E-state index contributed by atoms with van der Waals surface area (Å²) in [5.41, 5.74) is 1.45. The number of carbonyl (C=O) groups is 1. The Bertz CT molecular complexity index is 182. The molecule has 0 aromatic rings. The first-order valence-electron chi connectivity index (χ1n) is 4.11. The van der Waals surface area contributed by atoms with Crippen molar-refractivity contribution in [2.45, 2.75) is 18.9 Å². The van der Waals surface area contributed by atoms with E-state index in [1.165, 1.54) is 5.54 Å². The largest absolute Gasteiger partial charge is 0.355 e. The molecule has 1 heterocycles. The van der Waals surface area contributed by atoms with Crippen molar-refractivity contribution in [2.24, 2.45) is 0 Å². The summed E-state index contributed by atoms with van der Waals surface area (Å²) in [5.74, 6) is 0.101. The lowest BCUT2D eigenvalue weighted by atomic mass is 10.1. The smallest absolute Gasteiger partial charge is 0.237 e. The van der Waals surface area contributed by atoms with E-state index in [0.717, 1.165) is 19.4 Å². The van der Waals surface area contributed by atoms with Gasteiger partial charge in [0.25, 0.3) is 0 Å². The van der Waals surface area contributed by atoms with Gasteiger partial charge >= 0.3 is 0 Å². The zero-order valence-electron chi connectivity index (χ0n) is 6.85. The molecule has 1 amide bonds. The van der Waals surface area contributed by atoms with Crippen LogP contribution in [0.3, 0.4) is 0 Å². The van der Waals surface area contributed by atoms with Crippen LogP contribution in [-0.2, 0) is 4.79 Å². The average Bonchev–Trinajstić information content (AvgIpc) is 2.09. The van der Waals surface area contributed by atoms with E-state index in [9.17, 15) is 4.79 Å². The number of piperidine rings is 1. The lowest BCUT2D eigenvalue weighted by Gasteiger charge is -2.22. The first kappa shape index (κ1) is 9.55. The van der Waals surface area contributed by atoms with Crippen LogP contribution in [-0.4, -0.2) is 25.0 Å². The SMILES string of the molecule is O=C1NCCCC1NC/C=C/Cl. The fourth-order valence-electron chi connectivity index (χ4n) is 1.22. The highest BCUT2D eigenvalue weighted by atomic mass is 35.5. The second-order valence-electron chi connectivity index (χ2n) is 2.76. The number of amides is 1. The minimum atomic E-state index is -0.0355. The first-order chi connectivity index (χ1) is 5.84. The Labute approximate surface area is 77.2 Å². The van der Waals surface area contributed by atoms with E-state index in [4.69, 9.17) is 11.6 Å². The molecule has 0 aromatic carbocycles. The molecule has 0 aliphatic carbocycles. The van der Waals surface area contributed by atoms with E-state index >= 15 is 0 Å². The van der Waals surface area contributed by atoms with Crippen molar-refractivity contribution in [3.8, 4) is 0 Å².